The molecule has 1 atom stereocenters. The summed E-state index contributed by atoms with van der Waals surface area (Å²) in [5.74, 6) is -0.416. The van der Waals surface area contributed by atoms with Gasteiger partial charge in [-0.1, -0.05) is 12.1 Å². The second-order valence-electron chi connectivity index (χ2n) is 4.87. The average Bonchev–Trinajstić information content (AvgIpc) is 2.44. The third kappa shape index (κ3) is 2.97. The molecule has 2 N–H and O–H groups in total. The number of carbonyl (C=O) groups excluding carboxylic acids is 2. The Hall–Kier alpha value is -1.92. The SMILES string of the molecule is CNCC(O)c1ccc(N2CC(=O)N(C)C(=O)C2)cc1. The first-order valence-electron chi connectivity index (χ1n) is 6.50. The molecule has 0 saturated carbocycles. The van der Waals surface area contributed by atoms with E-state index in [1.165, 1.54) is 7.05 Å². The van der Waals surface area contributed by atoms with E-state index in [4.69, 9.17) is 0 Å². The molecule has 0 radical (unpaired) electrons. The van der Waals surface area contributed by atoms with Crippen LogP contribution in [0.1, 0.15) is 11.7 Å². The first kappa shape index (κ1) is 14.5. The smallest absolute Gasteiger partial charge is 0.248 e. The maximum Gasteiger partial charge on any atom is 0.248 e. The Labute approximate surface area is 118 Å². The lowest BCUT2D eigenvalue weighted by Gasteiger charge is -2.32. The number of aliphatic hydroxyl groups excluding tert-OH is 1. The first-order chi connectivity index (χ1) is 9.52. The molecule has 1 aromatic rings. The zero-order valence-corrected chi connectivity index (χ0v) is 11.7. The van der Waals surface area contributed by atoms with Gasteiger partial charge in [0, 0.05) is 19.3 Å². The van der Waals surface area contributed by atoms with Gasteiger partial charge in [0.2, 0.25) is 11.8 Å². The molecule has 0 bridgehead atoms. The van der Waals surface area contributed by atoms with E-state index >= 15 is 0 Å². The molecule has 1 aliphatic heterocycles. The van der Waals surface area contributed by atoms with E-state index < -0.39 is 6.10 Å². The molecule has 2 rings (SSSR count). The molecule has 1 saturated heterocycles. The van der Waals surface area contributed by atoms with Crippen LogP contribution < -0.4 is 10.2 Å². The Morgan fingerprint density at radius 1 is 1.20 bits per heavy atom. The van der Waals surface area contributed by atoms with Gasteiger partial charge in [0.1, 0.15) is 0 Å². The molecule has 6 nitrogen and oxygen atoms in total. The average molecular weight is 277 g/mol. The van der Waals surface area contributed by atoms with Gasteiger partial charge < -0.3 is 15.3 Å². The molecule has 0 aliphatic carbocycles. The standard InChI is InChI=1S/C14H19N3O3/c1-15-7-12(18)10-3-5-11(6-4-10)17-8-13(19)16(2)14(20)9-17/h3-6,12,15,18H,7-9H2,1-2H3. The summed E-state index contributed by atoms with van der Waals surface area (Å²) in [5, 5.41) is 12.8. The number of amides is 2. The largest absolute Gasteiger partial charge is 0.387 e. The normalized spacial score (nSPS) is 17.6. The highest BCUT2D eigenvalue weighted by atomic mass is 16.3. The van der Waals surface area contributed by atoms with E-state index in [0.29, 0.717) is 6.54 Å². The predicted octanol–water partition coefficient (Wildman–Crippen LogP) is -0.256. The van der Waals surface area contributed by atoms with Crippen LogP contribution >= 0.6 is 0 Å². The highest BCUT2D eigenvalue weighted by molar-refractivity contribution is 6.02. The third-order valence-corrected chi connectivity index (χ3v) is 3.44. The van der Waals surface area contributed by atoms with Crippen molar-refractivity contribution in [3.8, 4) is 0 Å². The minimum atomic E-state index is -0.565. The Kier molecular flexibility index (Phi) is 4.36. The van der Waals surface area contributed by atoms with E-state index in [2.05, 4.69) is 5.32 Å². The van der Waals surface area contributed by atoms with Crippen molar-refractivity contribution < 1.29 is 14.7 Å². The fourth-order valence-electron chi connectivity index (χ4n) is 2.13. The second-order valence-corrected chi connectivity index (χ2v) is 4.87. The van der Waals surface area contributed by atoms with Crippen LogP contribution in [-0.4, -0.2) is 55.6 Å². The summed E-state index contributed by atoms with van der Waals surface area (Å²) >= 11 is 0. The number of nitrogens with zero attached hydrogens (tertiary/aromatic N) is 2. The van der Waals surface area contributed by atoms with Crippen LogP contribution in [-0.2, 0) is 9.59 Å². The maximum atomic E-state index is 11.7. The molecule has 0 aromatic heterocycles. The van der Waals surface area contributed by atoms with E-state index in [0.717, 1.165) is 16.2 Å². The lowest BCUT2D eigenvalue weighted by atomic mass is 10.1. The molecule has 2 amide bonds. The van der Waals surface area contributed by atoms with E-state index in [1.54, 1.807) is 11.9 Å². The van der Waals surface area contributed by atoms with Gasteiger partial charge in [-0.3, -0.25) is 14.5 Å². The molecule has 108 valence electrons. The van der Waals surface area contributed by atoms with Gasteiger partial charge in [0.25, 0.3) is 0 Å². The topological polar surface area (TPSA) is 72.9 Å². The van der Waals surface area contributed by atoms with Gasteiger partial charge in [-0.15, -0.1) is 0 Å². The maximum absolute atomic E-state index is 11.7. The number of rotatable bonds is 4. The number of likely N-dealkylation sites (N-methyl/N-ethyl adjacent to an activating group) is 2. The highest BCUT2D eigenvalue weighted by Crippen LogP contribution is 2.20. The number of piperazine rings is 1. The summed E-state index contributed by atoms with van der Waals surface area (Å²) in [6.45, 7) is 0.867. The molecule has 1 heterocycles. The van der Waals surface area contributed by atoms with Crippen molar-refractivity contribution in [1.29, 1.82) is 0 Å². The minimum Gasteiger partial charge on any atom is -0.387 e. The molecule has 1 unspecified atom stereocenters. The van der Waals surface area contributed by atoms with Gasteiger partial charge in [0.05, 0.1) is 19.2 Å². The number of nitrogens with one attached hydrogen (secondary N) is 1. The Morgan fingerprint density at radius 3 is 2.25 bits per heavy atom. The van der Waals surface area contributed by atoms with Crippen molar-refractivity contribution in [2.75, 3.05) is 38.6 Å². The zero-order valence-electron chi connectivity index (χ0n) is 11.7. The summed E-state index contributed by atoms with van der Waals surface area (Å²) in [5.41, 5.74) is 1.61. The molecule has 1 aliphatic rings. The van der Waals surface area contributed by atoms with E-state index in [1.807, 2.05) is 24.3 Å². The fraction of sp³-hybridized carbons (Fsp3) is 0.429. The van der Waals surface area contributed by atoms with Crippen molar-refractivity contribution in [2.45, 2.75) is 6.10 Å². The Balaban J connectivity index is 2.10. The number of hydrogen-bond donors (Lipinski definition) is 2. The van der Waals surface area contributed by atoms with Gasteiger partial charge in [0.15, 0.2) is 0 Å². The predicted molar refractivity (Wildman–Crippen MR) is 75.3 cm³/mol. The summed E-state index contributed by atoms with van der Waals surface area (Å²) in [7, 11) is 3.28. The molecule has 1 aromatic carbocycles. The molecule has 6 heteroatoms. The summed E-state index contributed by atoms with van der Waals surface area (Å²) in [6.07, 6.45) is -0.565. The number of hydrogen-bond acceptors (Lipinski definition) is 5. The Bertz CT molecular complexity index is 483. The number of imide groups is 1. The first-order valence-corrected chi connectivity index (χ1v) is 6.50. The highest BCUT2D eigenvalue weighted by Gasteiger charge is 2.28. The van der Waals surface area contributed by atoms with Crippen LogP contribution in [0.3, 0.4) is 0 Å². The van der Waals surface area contributed by atoms with Crippen LogP contribution in [0.15, 0.2) is 24.3 Å². The number of carbonyl (C=O) groups is 2. The molecule has 1 fully saturated rings. The van der Waals surface area contributed by atoms with E-state index in [9.17, 15) is 14.7 Å². The molecule has 0 spiro atoms. The minimum absolute atomic E-state index is 0.195. The second kappa shape index (κ2) is 6.02. The van der Waals surface area contributed by atoms with Crippen molar-refractivity contribution >= 4 is 17.5 Å². The lowest BCUT2D eigenvalue weighted by molar-refractivity contribution is -0.143. The monoisotopic (exact) mass is 277 g/mol. The van der Waals surface area contributed by atoms with Crippen molar-refractivity contribution in [2.24, 2.45) is 0 Å². The third-order valence-electron chi connectivity index (χ3n) is 3.44. The van der Waals surface area contributed by atoms with Gasteiger partial charge in [-0.25, -0.2) is 0 Å². The van der Waals surface area contributed by atoms with Crippen LogP contribution in [0.4, 0.5) is 5.69 Å². The molecular weight excluding hydrogens is 258 g/mol. The summed E-state index contributed by atoms with van der Waals surface area (Å²) < 4.78 is 0. The van der Waals surface area contributed by atoms with Crippen LogP contribution in [0.2, 0.25) is 0 Å². The Morgan fingerprint density at radius 2 is 1.75 bits per heavy atom. The van der Waals surface area contributed by atoms with Gasteiger partial charge in [-0.2, -0.15) is 0 Å². The summed E-state index contributed by atoms with van der Waals surface area (Å²) in [6, 6.07) is 7.26. The van der Waals surface area contributed by atoms with Gasteiger partial charge >= 0.3 is 0 Å². The number of benzene rings is 1. The zero-order chi connectivity index (χ0) is 14.7. The number of aliphatic hydroxyl groups is 1. The van der Waals surface area contributed by atoms with Crippen LogP contribution in [0, 0.1) is 0 Å². The summed E-state index contributed by atoms with van der Waals surface area (Å²) in [4.78, 5) is 26.2. The lowest BCUT2D eigenvalue weighted by Crippen LogP contribution is -2.52. The van der Waals surface area contributed by atoms with Gasteiger partial charge in [-0.05, 0) is 24.7 Å². The fourth-order valence-corrected chi connectivity index (χ4v) is 2.13. The van der Waals surface area contributed by atoms with Crippen molar-refractivity contribution in [3.05, 3.63) is 29.8 Å². The molecular formula is C14H19N3O3. The van der Waals surface area contributed by atoms with Crippen molar-refractivity contribution in [3.63, 3.8) is 0 Å². The van der Waals surface area contributed by atoms with E-state index in [-0.39, 0.29) is 24.9 Å². The quantitative estimate of drug-likeness (QED) is 0.742. The van der Waals surface area contributed by atoms with Crippen LogP contribution in [0.5, 0.6) is 0 Å². The number of anilines is 1. The molecule has 20 heavy (non-hydrogen) atoms. The van der Waals surface area contributed by atoms with Crippen LogP contribution in [0.25, 0.3) is 0 Å². The van der Waals surface area contributed by atoms with Crippen molar-refractivity contribution in [1.82, 2.24) is 10.2 Å².